The van der Waals surface area contributed by atoms with Crippen molar-refractivity contribution in [3.05, 3.63) is 74.2 Å². The molecule has 0 radical (unpaired) electrons. The highest BCUT2D eigenvalue weighted by Crippen LogP contribution is 2.52. The third-order valence-electron chi connectivity index (χ3n) is 3.38. The highest BCUT2D eigenvalue weighted by Gasteiger charge is 2.27. The van der Waals surface area contributed by atoms with Crippen LogP contribution in [0.25, 0.3) is 5.76 Å². The van der Waals surface area contributed by atoms with E-state index in [1.165, 1.54) is 26.4 Å². The van der Waals surface area contributed by atoms with E-state index in [-0.39, 0.29) is 20.8 Å². The van der Waals surface area contributed by atoms with Gasteiger partial charge in [-0.05, 0) is 17.7 Å². The minimum Gasteiger partial charge on any atom is -0.402 e. The van der Waals surface area contributed by atoms with Gasteiger partial charge in [0.05, 0.1) is 15.1 Å². The lowest BCUT2D eigenvalue weighted by atomic mass is 10.2. The van der Waals surface area contributed by atoms with Gasteiger partial charge in [-0.3, -0.25) is 13.6 Å². The smallest absolute Gasteiger partial charge is 0.402 e. The van der Waals surface area contributed by atoms with Crippen LogP contribution in [-0.2, 0) is 22.7 Å². The Kier molecular flexibility index (Phi) is 12.0. The molecule has 0 bridgehead atoms. The normalized spacial score (nSPS) is 13.8. The van der Waals surface area contributed by atoms with Crippen molar-refractivity contribution >= 4 is 68.0 Å². The van der Waals surface area contributed by atoms with E-state index in [1.807, 2.05) is 0 Å². The highest BCUT2D eigenvalue weighted by molar-refractivity contribution is 7.48. The maximum Gasteiger partial charge on any atom is 0.529 e. The van der Waals surface area contributed by atoms with Gasteiger partial charge in [0.25, 0.3) is 0 Å². The van der Waals surface area contributed by atoms with E-state index in [4.69, 9.17) is 60.9 Å². The first kappa shape index (κ1) is 27.5. The number of hydrogen-bond donors (Lipinski definition) is 2. The Bertz CT molecular complexity index is 933. The summed E-state index contributed by atoms with van der Waals surface area (Å²) >= 11 is 23.3. The molecule has 2 unspecified atom stereocenters. The van der Waals surface area contributed by atoms with Crippen molar-refractivity contribution in [2.75, 3.05) is 14.2 Å². The fourth-order valence-corrected chi connectivity index (χ4v) is 3.92. The number of benzene rings is 2. The molecule has 166 valence electrons. The maximum absolute atomic E-state index is 11.9. The van der Waals surface area contributed by atoms with Gasteiger partial charge in [0.15, 0.2) is 11.6 Å². The van der Waals surface area contributed by atoms with Crippen molar-refractivity contribution in [1.29, 1.82) is 0 Å². The molecule has 0 amide bonds. The molecule has 2 aromatic rings. The zero-order chi connectivity index (χ0) is 22.9. The molecular weight excluding hydrogens is 520 g/mol. The summed E-state index contributed by atoms with van der Waals surface area (Å²) in [5.41, 5.74) is 1.83. The first-order valence-electron chi connectivity index (χ1n) is 7.90. The number of hydrogen-bond acceptors (Lipinski definition) is 6. The van der Waals surface area contributed by atoms with Crippen LogP contribution in [-0.4, -0.2) is 24.2 Å². The monoisotopic (exact) mass is 536 g/mol. The van der Waals surface area contributed by atoms with Crippen LogP contribution in [0.15, 0.2) is 48.0 Å². The Morgan fingerprint density at radius 1 is 1.07 bits per heavy atom. The van der Waals surface area contributed by atoms with Gasteiger partial charge < -0.3 is 14.5 Å². The summed E-state index contributed by atoms with van der Waals surface area (Å²) in [7, 11) is -4.27. The van der Waals surface area contributed by atoms with Crippen molar-refractivity contribution in [3.8, 4) is 0 Å². The lowest BCUT2D eigenvalue weighted by Gasteiger charge is -2.17. The van der Waals surface area contributed by atoms with Crippen LogP contribution in [0.3, 0.4) is 0 Å². The minimum absolute atomic E-state index is 0.0164. The molecule has 2 rings (SSSR count). The molecule has 0 fully saturated rings. The van der Waals surface area contributed by atoms with Crippen molar-refractivity contribution in [2.24, 2.45) is 0 Å². The lowest BCUT2D eigenvalue weighted by Crippen LogP contribution is -1.96. The summed E-state index contributed by atoms with van der Waals surface area (Å²) in [5, 5.41) is 9.81. The van der Waals surface area contributed by atoms with Gasteiger partial charge in [-0.15, -0.1) is 0 Å². The second kappa shape index (κ2) is 13.1. The molecule has 30 heavy (non-hydrogen) atoms. The molecule has 0 aliphatic rings. The third kappa shape index (κ3) is 8.18. The molecule has 0 aliphatic heterocycles. The summed E-state index contributed by atoms with van der Waals surface area (Å²) < 4.78 is 36.7. The summed E-state index contributed by atoms with van der Waals surface area (Å²) in [6.45, 7) is 0. The van der Waals surface area contributed by atoms with Crippen molar-refractivity contribution in [1.82, 2.24) is 0 Å². The zero-order valence-electron chi connectivity index (χ0n) is 15.6. The molecule has 0 spiro atoms. The van der Waals surface area contributed by atoms with Crippen LogP contribution in [0.1, 0.15) is 17.0 Å². The quantitative estimate of drug-likeness (QED) is 0.229. The van der Waals surface area contributed by atoms with E-state index >= 15 is 0 Å². The van der Waals surface area contributed by atoms with Crippen molar-refractivity contribution in [2.45, 2.75) is 5.85 Å². The van der Waals surface area contributed by atoms with E-state index in [9.17, 15) is 9.13 Å². The predicted molar refractivity (Wildman–Crippen MR) is 121 cm³/mol. The third-order valence-corrected chi connectivity index (χ3v) is 6.73. The molecule has 7 nitrogen and oxygen atoms in total. The first-order valence-corrected chi connectivity index (χ1v) is 12.4. The Labute approximate surface area is 194 Å². The molecule has 0 heterocycles. The first-order chi connectivity index (χ1) is 14.1. The summed E-state index contributed by atoms with van der Waals surface area (Å²) in [6.07, 6.45) is 0. The second-order valence-electron chi connectivity index (χ2n) is 5.27. The molecule has 2 N–H and O–H groups in total. The Morgan fingerprint density at radius 3 is 2.07 bits per heavy atom. The van der Waals surface area contributed by atoms with Gasteiger partial charge in [-0.25, -0.2) is 4.57 Å². The Morgan fingerprint density at radius 2 is 1.60 bits per heavy atom. The minimum atomic E-state index is -3.75. The van der Waals surface area contributed by atoms with E-state index in [1.54, 1.807) is 30.3 Å². The van der Waals surface area contributed by atoms with Gasteiger partial charge >= 0.3 is 7.82 Å². The van der Waals surface area contributed by atoms with Gasteiger partial charge in [0.1, 0.15) is 0 Å². The van der Waals surface area contributed by atoms with Gasteiger partial charge in [-0.2, -0.15) is 0 Å². The average molecular weight is 538 g/mol. The Balaban J connectivity index is 0.000000346. The maximum atomic E-state index is 11.9. The number of halogens is 4. The molecule has 0 saturated carbocycles. The van der Waals surface area contributed by atoms with E-state index < -0.39 is 21.7 Å². The number of rotatable bonds is 7. The van der Waals surface area contributed by atoms with Crippen molar-refractivity contribution in [3.63, 3.8) is 0 Å². The Hall–Kier alpha value is -0.560. The standard InChI is InChI=1S/C10H9Cl4O4P.C7H9O3P/c1-16-19(15,17-2)18-10(5-11)6-3-8(13)9(14)4-7(6)12;8-7(11(9)10)6-4-2-1-3-5-6/h3-5H,1-2H3;1-5,7-8,11H,(H,9,10)/b10-5-;. The summed E-state index contributed by atoms with van der Waals surface area (Å²) in [5.74, 6) is -1.24. The van der Waals surface area contributed by atoms with E-state index in [0.29, 0.717) is 11.1 Å². The van der Waals surface area contributed by atoms with Gasteiger partial charge in [-0.1, -0.05) is 76.7 Å². The molecular formula is C17H18Cl4O7P2. The summed E-state index contributed by atoms with van der Waals surface area (Å²) in [4.78, 5) is 8.57. The van der Waals surface area contributed by atoms with Crippen LogP contribution in [0, 0.1) is 0 Å². The van der Waals surface area contributed by atoms with Crippen LogP contribution < -0.4 is 0 Å². The van der Waals surface area contributed by atoms with Gasteiger partial charge in [0, 0.05) is 25.3 Å². The van der Waals surface area contributed by atoms with Crippen LogP contribution in [0.4, 0.5) is 0 Å². The molecule has 0 aromatic heterocycles. The number of phosphoric acid groups is 1. The van der Waals surface area contributed by atoms with Gasteiger partial charge in [0.2, 0.25) is 8.03 Å². The zero-order valence-corrected chi connectivity index (χ0v) is 20.5. The number of aliphatic hydroxyl groups is 1. The molecule has 13 heteroatoms. The second-order valence-corrected chi connectivity index (χ2v) is 9.75. The lowest BCUT2D eigenvalue weighted by molar-refractivity contribution is 0.201. The summed E-state index contributed by atoms with van der Waals surface area (Å²) in [6, 6.07) is 11.3. The fourth-order valence-electron chi connectivity index (χ4n) is 1.89. The van der Waals surface area contributed by atoms with Crippen LogP contribution >= 0.6 is 62.3 Å². The SMILES string of the molecule is COP(=O)(OC)O/C(=C\Cl)c1cc(Cl)c(Cl)cc1Cl.O=[PH](O)C(O)c1ccccc1. The van der Waals surface area contributed by atoms with E-state index in [2.05, 4.69) is 9.05 Å². The van der Waals surface area contributed by atoms with Crippen molar-refractivity contribution < 1.29 is 32.7 Å². The molecule has 0 aliphatic carbocycles. The van der Waals surface area contributed by atoms with Crippen LogP contribution in [0.5, 0.6) is 0 Å². The van der Waals surface area contributed by atoms with E-state index in [0.717, 1.165) is 5.54 Å². The molecule has 0 saturated heterocycles. The van der Waals surface area contributed by atoms with Crippen LogP contribution in [0.2, 0.25) is 15.1 Å². The topological polar surface area (TPSA) is 102 Å². The number of phosphoric ester groups is 1. The largest absolute Gasteiger partial charge is 0.529 e. The number of aliphatic hydroxyl groups excluding tert-OH is 1. The fraction of sp³-hybridized carbons (Fsp3) is 0.176. The molecule has 2 aromatic carbocycles. The highest BCUT2D eigenvalue weighted by atomic mass is 35.5. The average Bonchev–Trinajstić information content (AvgIpc) is 2.75. The predicted octanol–water partition coefficient (Wildman–Crippen LogP) is 6.75. The molecule has 2 atom stereocenters.